The smallest absolute Gasteiger partial charge is 0.318 e. The van der Waals surface area contributed by atoms with Crippen molar-refractivity contribution in [3.8, 4) is 6.01 Å². The van der Waals surface area contributed by atoms with E-state index in [-0.39, 0.29) is 36.0 Å². The van der Waals surface area contributed by atoms with E-state index in [0.29, 0.717) is 12.4 Å². The number of hydrazone groups is 1. The minimum Gasteiger partial charge on any atom is -0.467 e. The van der Waals surface area contributed by atoms with E-state index in [0.717, 1.165) is 31.7 Å². The molecule has 0 bridgehead atoms. The summed E-state index contributed by atoms with van der Waals surface area (Å²) in [4.78, 5) is 27.6. The third-order valence-electron chi connectivity index (χ3n) is 5.48. The zero-order valence-corrected chi connectivity index (χ0v) is 15.7. The first-order chi connectivity index (χ1) is 13.7. The molecule has 1 saturated heterocycles. The van der Waals surface area contributed by atoms with Crippen molar-refractivity contribution >= 4 is 24.2 Å². The number of allylic oxidation sites excluding steroid dienone is 1. The molecule has 1 unspecified atom stereocenters. The molecule has 148 valence electrons. The van der Waals surface area contributed by atoms with Crippen molar-refractivity contribution in [2.75, 3.05) is 25.1 Å². The van der Waals surface area contributed by atoms with Crippen LogP contribution in [0.25, 0.3) is 0 Å². The molecule has 0 N–H and O–H groups in total. The molecule has 1 aromatic heterocycles. The van der Waals surface area contributed by atoms with Gasteiger partial charge in [-0.3, -0.25) is 9.79 Å². The van der Waals surface area contributed by atoms with Crippen molar-refractivity contribution in [2.45, 2.75) is 31.7 Å². The number of carbonyl (C=O) groups excluding carboxylic acids is 1. The van der Waals surface area contributed by atoms with Crippen LogP contribution in [0.2, 0.25) is 0 Å². The van der Waals surface area contributed by atoms with Gasteiger partial charge < -0.3 is 9.64 Å². The van der Waals surface area contributed by atoms with Crippen LogP contribution in [0.15, 0.2) is 34.4 Å². The zero-order chi connectivity index (χ0) is 19.5. The number of nitrogens with zero attached hydrogens (tertiary/aromatic N) is 6. The number of aromatic nitrogens is 2. The van der Waals surface area contributed by atoms with Crippen LogP contribution in [0.1, 0.15) is 25.7 Å². The summed E-state index contributed by atoms with van der Waals surface area (Å²) in [6, 6.07) is 2.02. The van der Waals surface area contributed by atoms with Crippen molar-refractivity contribution in [1.29, 1.82) is 0 Å². The lowest BCUT2D eigenvalue weighted by Gasteiger charge is -2.35. The summed E-state index contributed by atoms with van der Waals surface area (Å²) in [7, 11) is 1.54. The summed E-state index contributed by atoms with van der Waals surface area (Å²) in [6.07, 6.45) is 8.72. The Morgan fingerprint density at radius 1 is 1.32 bits per heavy atom. The number of rotatable bonds is 4. The van der Waals surface area contributed by atoms with Gasteiger partial charge in [0, 0.05) is 56.4 Å². The maximum atomic E-state index is 13.6. The number of methoxy groups -OCH3 is 1. The van der Waals surface area contributed by atoms with Gasteiger partial charge in [0.25, 0.3) is 0 Å². The highest BCUT2D eigenvalue weighted by atomic mass is 19.1. The molecule has 4 heterocycles. The van der Waals surface area contributed by atoms with Crippen LogP contribution in [-0.4, -0.2) is 59.6 Å². The van der Waals surface area contributed by atoms with Crippen LogP contribution in [0.5, 0.6) is 6.01 Å². The number of ether oxygens (including phenoxy) is 1. The predicted octanol–water partition coefficient (Wildman–Crippen LogP) is 2.19. The van der Waals surface area contributed by atoms with E-state index in [4.69, 9.17) is 4.74 Å². The van der Waals surface area contributed by atoms with Crippen LogP contribution in [-0.2, 0) is 4.79 Å². The summed E-state index contributed by atoms with van der Waals surface area (Å²) in [5.41, 5.74) is 0. The SMILES string of the molecule is COc1nccc(N2CCC(C(=O)N3N=CC[C@H]3C3C=NC=C(F)C3)CC2)n1. The van der Waals surface area contributed by atoms with Crippen LogP contribution in [0, 0.1) is 11.8 Å². The van der Waals surface area contributed by atoms with Crippen LogP contribution in [0.3, 0.4) is 0 Å². The van der Waals surface area contributed by atoms with Gasteiger partial charge in [-0.15, -0.1) is 0 Å². The third kappa shape index (κ3) is 3.74. The maximum absolute atomic E-state index is 13.6. The lowest BCUT2D eigenvalue weighted by molar-refractivity contribution is -0.138. The van der Waals surface area contributed by atoms with Crippen LogP contribution >= 0.6 is 0 Å². The molecule has 1 aromatic rings. The van der Waals surface area contributed by atoms with E-state index in [1.54, 1.807) is 23.6 Å². The van der Waals surface area contributed by atoms with Gasteiger partial charge in [0.15, 0.2) is 0 Å². The van der Waals surface area contributed by atoms with Gasteiger partial charge in [0.05, 0.1) is 19.4 Å². The summed E-state index contributed by atoms with van der Waals surface area (Å²) < 4.78 is 18.7. The molecule has 28 heavy (non-hydrogen) atoms. The average molecular weight is 386 g/mol. The fourth-order valence-electron chi connectivity index (χ4n) is 3.95. The summed E-state index contributed by atoms with van der Waals surface area (Å²) in [5.74, 6) is 0.335. The normalized spacial score (nSPS) is 25.1. The molecule has 0 saturated carbocycles. The highest BCUT2D eigenvalue weighted by Gasteiger charge is 2.38. The average Bonchev–Trinajstić information content (AvgIpc) is 3.23. The number of hydrogen-bond donors (Lipinski definition) is 0. The maximum Gasteiger partial charge on any atom is 0.318 e. The molecule has 0 spiro atoms. The second kappa shape index (κ2) is 8.04. The highest BCUT2D eigenvalue weighted by Crippen LogP contribution is 2.30. The lowest BCUT2D eigenvalue weighted by atomic mass is 9.91. The second-order valence-corrected chi connectivity index (χ2v) is 7.19. The van der Waals surface area contributed by atoms with Gasteiger partial charge in [-0.25, -0.2) is 14.4 Å². The first-order valence-corrected chi connectivity index (χ1v) is 9.51. The quantitative estimate of drug-likeness (QED) is 0.792. The van der Waals surface area contributed by atoms with Gasteiger partial charge in [-0.2, -0.15) is 10.1 Å². The molecule has 0 aromatic carbocycles. The molecule has 0 radical (unpaired) electrons. The molecule has 0 aliphatic carbocycles. The van der Waals surface area contributed by atoms with Crippen LogP contribution in [0.4, 0.5) is 10.2 Å². The molecule has 4 rings (SSSR count). The number of carbonyl (C=O) groups is 1. The second-order valence-electron chi connectivity index (χ2n) is 7.19. The van der Waals surface area contributed by atoms with E-state index in [9.17, 15) is 9.18 Å². The number of piperidine rings is 1. The Labute approximate surface area is 162 Å². The largest absolute Gasteiger partial charge is 0.467 e. The Bertz CT molecular complexity index is 818. The molecule has 8 nitrogen and oxygen atoms in total. The van der Waals surface area contributed by atoms with Crippen molar-refractivity contribution in [2.24, 2.45) is 21.9 Å². The molecular formula is C19H23FN6O2. The highest BCUT2D eigenvalue weighted by molar-refractivity contribution is 5.83. The Kier molecular flexibility index (Phi) is 5.31. The van der Waals surface area contributed by atoms with E-state index >= 15 is 0 Å². The van der Waals surface area contributed by atoms with Gasteiger partial charge in [0.2, 0.25) is 5.91 Å². The number of hydrogen-bond acceptors (Lipinski definition) is 7. The van der Waals surface area contributed by atoms with Crippen molar-refractivity contribution in [3.63, 3.8) is 0 Å². The molecule has 1 amide bonds. The fourth-order valence-corrected chi connectivity index (χ4v) is 3.95. The fraction of sp³-hybridized carbons (Fsp3) is 0.526. The molecule has 2 atom stereocenters. The molecule has 3 aliphatic rings. The van der Waals surface area contributed by atoms with E-state index in [1.807, 2.05) is 6.07 Å². The molecular weight excluding hydrogens is 363 g/mol. The Morgan fingerprint density at radius 2 is 2.14 bits per heavy atom. The third-order valence-corrected chi connectivity index (χ3v) is 5.48. The first-order valence-electron chi connectivity index (χ1n) is 9.51. The summed E-state index contributed by atoms with van der Waals surface area (Å²) in [6.45, 7) is 1.45. The summed E-state index contributed by atoms with van der Waals surface area (Å²) in [5, 5.41) is 5.86. The Balaban J connectivity index is 1.37. The summed E-state index contributed by atoms with van der Waals surface area (Å²) >= 11 is 0. The zero-order valence-electron chi connectivity index (χ0n) is 15.7. The minimum absolute atomic E-state index is 0.0158. The standard InChI is InChI=1S/C19H23FN6O2/c1-28-19-22-6-3-17(24-19)25-8-4-13(5-9-25)18(27)26-16(2-7-23-26)14-10-15(20)12-21-11-14/h3,6-7,11-14,16H,2,4-5,8-10H2,1H3/t14?,16-/m0/s1. The van der Waals surface area contributed by atoms with Gasteiger partial charge >= 0.3 is 6.01 Å². The Hall–Kier alpha value is -2.84. The predicted molar refractivity (Wildman–Crippen MR) is 103 cm³/mol. The molecule has 3 aliphatic heterocycles. The van der Waals surface area contributed by atoms with Gasteiger partial charge in [-0.05, 0) is 18.9 Å². The van der Waals surface area contributed by atoms with E-state index in [1.165, 1.54) is 13.3 Å². The van der Waals surface area contributed by atoms with Crippen molar-refractivity contribution in [1.82, 2.24) is 15.0 Å². The number of amides is 1. The lowest BCUT2D eigenvalue weighted by Crippen LogP contribution is -2.45. The van der Waals surface area contributed by atoms with Crippen molar-refractivity contribution < 1.29 is 13.9 Å². The number of aliphatic imine (C=N–C) groups is 1. The van der Waals surface area contributed by atoms with E-state index in [2.05, 4.69) is 25.0 Å². The minimum atomic E-state index is -0.250. The molecule has 9 heteroatoms. The number of anilines is 1. The monoisotopic (exact) mass is 386 g/mol. The van der Waals surface area contributed by atoms with E-state index < -0.39 is 0 Å². The van der Waals surface area contributed by atoms with Crippen LogP contribution < -0.4 is 9.64 Å². The topological polar surface area (TPSA) is 83.3 Å². The van der Waals surface area contributed by atoms with Gasteiger partial charge in [0.1, 0.15) is 11.6 Å². The first kappa shape index (κ1) is 18.5. The molecule has 1 fully saturated rings. The Morgan fingerprint density at radius 3 is 2.89 bits per heavy atom. The van der Waals surface area contributed by atoms with Crippen molar-refractivity contribution in [3.05, 3.63) is 24.3 Å². The number of halogens is 1. The van der Waals surface area contributed by atoms with Gasteiger partial charge in [-0.1, -0.05) is 0 Å².